The standard InChI is InChI=1S/C24H24N4O6S/c1-28-10-9-25-24(28)35-15-22(30)27-18-6-3-2-5-17(18)23(31)34-14-21(29)26-16-7-8-19-20(13-16)33-12-4-11-32-19/h2-3,5-10,13H,4,11-12,14-15H2,1H3,(H,26,29)(H,27,30). The number of esters is 1. The van der Waals surface area contributed by atoms with Crippen molar-refractivity contribution in [3.63, 3.8) is 0 Å². The molecule has 182 valence electrons. The Morgan fingerprint density at radius 2 is 1.86 bits per heavy atom. The van der Waals surface area contributed by atoms with Gasteiger partial charge >= 0.3 is 5.97 Å². The van der Waals surface area contributed by atoms with Crippen molar-refractivity contribution in [2.45, 2.75) is 11.6 Å². The van der Waals surface area contributed by atoms with Gasteiger partial charge in [0.1, 0.15) is 0 Å². The zero-order chi connectivity index (χ0) is 24.6. The van der Waals surface area contributed by atoms with Crippen molar-refractivity contribution in [1.29, 1.82) is 0 Å². The van der Waals surface area contributed by atoms with E-state index in [0.29, 0.717) is 41.2 Å². The number of aromatic nitrogens is 2. The van der Waals surface area contributed by atoms with Crippen LogP contribution in [0.3, 0.4) is 0 Å². The van der Waals surface area contributed by atoms with Gasteiger partial charge in [0.25, 0.3) is 5.91 Å². The van der Waals surface area contributed by atoms with E-state index in [1.165, 1.54) is 17.8 Å². The normalized spacial score (nSPS) is 12.4. The number of nitrogens with zero attached hydrogens (tertiary/aromatic N) is 2. The molecular weight excluding hydrogens is 472 g/mol. The summed E-state index contributed by atoms with van der Waals surface area (Å²) in [7, 11) is 1.84. The number of carbonyl (C=O) groups excluding carboxylic acids is 3. The summed E-state index contributed by atoms with van der Waals surface area (Å²) >= 11 is 1.27. The van der Waals surface area contributed by atoms with Gasteiger partial charge in [0.15, 0.2) is 23.3 Å². The van der Waals surface area contributed by atoms with Crippen LogP contribution in [0.25, 0.3) is 0 Å². The van der Waals surface area contributed by atoms with E-state index in [4.69, 9.17) is 14.2 Å². The molecule has 0 saturated heterocycles. The summed E-state index contributed by atoms with van der Waals surface area (Å²) in [5.74, 6) is -0.267. The Labute approximate surface area is 206 Å². The molecule has 11 heteroatoms. The summed E-state index contributed by atoms with van der Waals surface area (Å²) in [6, 6.07) is 11.5. The zero-order valence-electron chi connectivity index (χ0n) is 19.0. The first-order chi connectivity index (χ1) is 17.0. The third kappa shape index (κ3) is 6.54. The number of fused-ring (bicyclic) bond motifs is 1. The number of anilines is 2. The fourth-order valence-corrected chi connectivity index (χ4v) is 3.96. The molecule has 2 heterocycles. The Bertz CT molecular complexity index is 1230. The molecule has 0 fully saturated rings. The maximum absolute atomic E-state index is 12.6. The van der Waals surface area contributed by atoms with Crippen molar-refractivity contribution >= 4 is 40.9 Å². The highest BCUT2D eigenvalue weighted by Crippen LogP contribution is 2.32. The lowest BCUT2D eigenvalue weighted by Crippen LogP contribution is -2.22. The number of carbonyl (C=O) groups is 3. The van der Waals surface area contributed by atoms with Crippen molar-refractivity contribution in [3.05, 3.63) is 60.4 Å². The zero-order valence-corrected chi connectivity index (χ0v) is 19.8. The number of thioether (sulfide) groups is 1. The Kier molecular flexibility index (Phi) is 7.88. The van der Waals surface area contributed by atoms with Gasteiger partial charge in [-0.1, -0.05) is 23.9 Å². The molecule has 35 heavy (non-hydrogen) atoms. The van der Waals surface area contributed by atoms with E-state index < -0.39 is 18.5 Å². The predicted octanol–water partition coefficient (Wildman–Crippen LogP) is 3.11. The number of imidazole rings is 1. The van der Waals surface area contributed by atoms with Crippen LogP contribution in [0.5, 0.6) is 11.5 Å². The van der Waals surface area contributed by atoms with Crippen LogP contribution >= 0.6 is 11.8 Å². The Morgan fingerprint density at radius 3 is 2.66 bits per heavy atom. The van der Waals surface area contributed by atoms with Crippen LogP contribution in [0.2, 0.25) is 0 Å². The van der Waals surface area contributed by atoms with Crippen LogP contribution < -0.4 is 20.1 Å². The van der Waals surface area contributed by atoms with E-state index >= 15 is 0 Å². The molecule has 2 N–H and O–H groups in total. The average Bonchev–Trinajstić information content (AvgIpc) is 3.12. The van der Waals surface area contributed by atoms with E-state index in [9.17, 15) is 14.4 Å². The van der Waals surface area contributed by atoms with Gasteiger partial charge in [-0.05, 0) is 24.3 Å². The topological polar surface area (TPSA) is 121 Å². The summed E-state index contributed by atoms with van der Waals surface area (Å²) in [5.41, 5.74) is 0.936. The summed E-state index contributed by atoms with van der Waals surface area (Å²) in [6.45, 7) is 0.601. The number of para-hydroxylation sites is 1. The van der Waals surface area contributed by atoms with Gasteiger partial charge in [-0.15, -0.1) is 0 Å². The van der Waals surface area contributed by atoms with E-state index in [0.717, 1.165) is 6.42 Å². The predicted molar refractivity (Wildman–Crippen MR) is 130 cm³/mol. The molecule has 0 atom stereocenters. The summed E-state index contributed by atoms with van der Waals surface area (Å²) in [6.07, 6.45) is 4.21. The number of ether oxygens (including phenoxy) is 3. The molecule has 4 rings (SSSR count). The lowest BCUT2D eigenvalue weighted by atomic mass is 10.2. The third-order valence-corrected chi connectivity index (χ3v) is 5.95. The minimum atomic E-state index is -0.730. The molecule has 2 aromatic carbocycles. The van der Waals surface area contributed by atoms with Gasteiger partial charge in [-0.3, -0.25) is 9.59 Å². The molecule has 0 radical (unpaired) electrons. The first-order valence-corrected chi connectivity index (χ1v) is 11.8. The third-order valence-electron chi connectivity index (χ3n) is 4.90. The molecule has 0 aliphatic carbocycles. The summed E-state index contributed by atoms with van der Waals surface area (Å²) < 4.78 is 18.2. The van der Waals surface area contributed by atoms with E-state index in [-0.39, 0.29) is 17.2 Å². The minimum absolute atomic E-state index is 0.117. The summed E-state index contributed by atoms with van der Waals surface area (Å²) in [5, 5.41) is 6.08. The first-order valence-electron chi connectivity index (χ1n) is 10.9. The van der Waals surface area contributed by atoms with Gasteiger partial charge in [-0.25, -0.2) is 9.78 Å². The highest BCUT2D eigenvalue weighted by molar-refractivity contribution is 7.99. The number of benzene rings is 2. The Hall–Kier alpha value is -3.99. The molecular formula is C24H24N4O6S. The Morgan fingerprint density at radius 1 is 1.06 bits per heavy atom. The van der Waals surface area contributed by atoms with Crippen molar-refractivity contribution < 1.29 is 28.6 Å². The second-order valence-corrected chi connectivity index (χ2v) is 8.48. The number of amides is 2. The minimum Gasteiger partial charge on any atom is -0.490 e. The van der Waals surface area contributed by atoms with Crippen molar-refractivity contribution in [1.82, 2.24) is 9.55 Å². The second kappa shape index (κ2) is 11.4. The number of hydrogen-bond donors (Lipinski definition) is 2. The average molecular weight is 497 g/mol. The molecule has 0 unspecified atom stereocenters. The first kappa shape index (κ1) is 24.1. The lowest BCUT2D eigenvalue weighted by Gasteiger charge is -2.12. The molecule has 1 aromatic heterocycles. The second-order valence-electron chi connectivity index (χ2n) is 7.54. The quantitative estimate of drug-likeness (QED) is 0.361. The highest BCUT2D eigenvalue weighted by Gasteiger charge is 2.17. The van der Waals surface area contributed by atoms with Crippen LogP contribution in [-0.4, -0.2) is 52.9 Å². The maximum Gasteiger partial charge on any atom is 0.340 e. The summed E-state index contributed by atoms with van der Waals surface area (Å²) in [4.78, 5) is 41.5. The van der Waals surface area contributed by atoms with Gasteiger partial charge in [0, 0.05) is 37.6 Å². The molecule has 0 bridgehead atoms. The van der Waals surface area contributed by atoms with Gasteiger partial charge < -0.3 is 29.4 Å². The number of hydrogen-bond acceptors (Lipinski definition) is 8. The molecule has 0 spiro atoms. The van der Waals surface area contributed by atoms with Crippen LogP contribution in [0.15, 0.2) is 60.0 Å². The molecule has 1 aliphatic rings. The monoisotopic (exact) mass is 496 g/mol. The lowest BCUT2D eigenvalue weighted by molar-refractivity contribution is -0.119. The van der Waals surface area contributed by atoms with Crippen molar-refractivity contribution in [2.24, 2.45) is 7.05 Å². The van der Waals surface area contributed by atoms with Crippen molar-refractivity contribution in [2.75, 3.05) is 36.2 Å². The van der Waals surface area contributed by atoms with Crippen LogP contribution in [0.1, 0.15) is 16.8 Å². The fourth-order valence-electron chi connectivity index (χ4n) is 3.22. The van der Waals surface area contributed by atoms with E-state index in [2.05, 4.69) is 15.6 Å². The van der Waals surface area contributed by atoms with Crippen LogP contribution in [0, 0.1) is 0 Å². The molecule has 10 nitrogen and oxygen atoms in total. The van der Waals surface area contributed by atoms with Gasteiger partial charge in [0.05, 0.1) is 30.2 Å². The van der Waals surface area contributed by atoms with Crippen LogP contribution in [0.4, 0.5) is 11.4 Å². The molecule has 1 aliphatic heterocycles. The SMILES string of the molecule is Cn1ccnc1SCC(=O)Nc1ccccc1C(=O)OCC(=O)Nc1ccc2c(c1)OCCCO2. The number of aryl methyl sites for hydroxylation is 1. The van der Waals surface area contributed by atoms with E-state index in [1.807, 2.05) is 7.05 Å². The Balaban J connectivity index is 1.30. The highest BCUT2D eigenvalue weighted by atomic mass is 32.2. The molecule has 2 amide bonds. The van der Waals surface area contributed by atoms with Crippen molar-refractivity contribution in [3.8, 4) is 11.5 Å². The number of nitrogens with one attached hydrogen (secondary N) is 2. The van der Waals surface area contributed by atoms with Gasteiger partial charge in [0.2, 0.25) is 5.91 Å². The number of rotatable bonds is 8. The molecule has 3 aromatic rings. The largest absolute Gasteiger partial charge is 0.490 e. The van der Waals surface area contributed by atoms with E-state index in [1.54, 1.807) is 53.4 Å². The van der Waals surface area contributed by atoms with Gasteiger partial charge in [-0.2, -0.15) is 0 Å². The maximum atomic E-state index is 12.6. The molecule has 0 saturated carbocycles. The smallest absolute Gasteiger partial charge is 0.340 e. The van der Waals surface area contributed by atoms with Crippen LogP contribution in [-0.2, 0) is 21.4 Å². The fraction of sp³-hybridized carbons (Fsp3) is 0.250.